The molecule has 2 heterocycles. The second kappa shape index (κ2) is 3.71. The molecule has 3 heteroatoms. The second-order valence-electron chi connectivity index (χ2n) is 5.80. The number of aliphatic hydroxyl groups is 1. The molecule has 2 aliphatic rings. The molecule has 1 aromatic rings. The van der Waals surface area contributed by atoms with Crippen LogP contribution in [0.15, 0.2) is 24.3 Å². The zero-order chi connectivity index (χ0) is 12.1. The first kappa shape index (κ1) is 11.5. The summed E-state index contributed by atoms with van der Waals surface area (Å²) in [7, 11) is 0. The maximum absolute atomic E-state index is 10.6. The molecule has 0 radical (unpaired) electrons. The van der Waals surface area contributed by atoms with Gasteiger partial charge in [-0.2, -0.15) is 0 Å². The van der Waals surface area contributed by atoms with Crippen molar-refractivity contribution in [2.45, 2.75) is 49.8 Å². The third-order valence-corrected chi connectivity index (χ3v) is 4.72. The van der Waals surface area contributed by atoms with Crippen LogP contribution >= 0.6 is 11.6 Å². The average molecular weight is 252 g/mol. The molecule has 0 saturated carbocycles. The summed E-state index contributed by atoms with van der Waals surface area (Å²) >= 11 is 5.99. The van der Waals surface area contributed by atoms with E-state index in [-0.39, 0.29) is 11.1 Å². The zero-order valence-corrected chi connectivity index (χ0v) is 10.8. The quantitative estimate of drug-likeness (QED) is 0.847. The van der Waals surface area contributed by atoms with E-state index < -0.39 is 6.10 Å². The molecule has 2 aliphatic heterocycles. The maximum atomic E-state index is 10.6. The van der Waals surface area contributed by atoms with Gasteiger partial charge in [0.1, 0.15) is 0 Å². The minimum absolute atomic E-state index is 0.126. The molecule has 2 N–H and O–H groups in total. The van der Waals surface area contributed by atoms with Crippen LogP contribution in [-0.2, 0) is 0 Å². The molecule has 2 fully saturated rings. The van der Waals surface area contributed by atoms with Gasteiger partial charge < -0.3 is 10.4 Å². The topological polar surface area (TPSA) is 32.3 Å². The maximum Gasteiger partial charge on any atom is 0.0972 e. The number of halogens is 1. The number of rotatable bonds is 2. The van der Waals surface area contributed by atoms with Crippen LogP contribution in [0.2, 0.25) is 5.02 Å². The Balaban J connectivity index is 1.90. The van der Waals surface area contributed by atoms with Gasteiger partial charge >= 0.3 is 0 Å². The Morgan fingerprint density at radius 1 is 1.29 bits per heavy atom. The van der Waals surface area contributed by atoms with Crippen LogP contribution in [-0.4, -0.2) is 16.2 Å². The van der Waals surface area contributed by atoms with Crippen molar-refractivity contribution in [1.82, 2.24) is 5.32 Å². The third-order valence-electron chi connectivity index (χ3n) is 4.48. The lowest BCUT2D eigenvalue weighted by Crippen LogP contribution is -2.45. The number of hydrogen-bond acceptors (Lipinski definition) is 2. The molecule has 0 amide bonds. The number of benzene rings is 1. The number of hydrogen-bond donors (Lipinski definition) is 2. The van der Waals surface area contributed by atoms with Gasteiger partial charge in [-0.1, -0.05) is 23.7 Å². The minimum atomic E-state index is -0.453. The van der Waals surface area contributed by atoms with Gasteiger partial charge in [-0.05, 0) is 50.3 Å². The van der Waals surface area contributed by atoms with Crippen LogP contribution in [0.4, 0.5) is 0 Å². The molecule has 17 heavy (non-hydrogen) atoms. The highest BCUT2D eigenvalue weighted by Gasteiger charge is 2.54. The Morgan fingerprint density at radius 2 is 2.00 bits per heavy atom. The summed E-state index contributed by atoms with van der Waals surface area (Å²) < 4.78 is 0. The van der Waals surface area contributed by atoms with Crippen LogP contribution in [0.5, 0.6) is 0 Å². The molecule has 3 rings (SSSR count). The van der Waals surface area contributed by atoms with Crippen LogP contribution in [0.1, 0.15) is 44.3 Å². The van der Waals surface area contributed by atoms with Crippen molar-refractivity contribution in [3.05, 3.63) is 34.9 Å². The Hall–Kier alpha value is -0.570. The van der Waals surface area contributed by atoms with Gasteiger partial charge in [0.15, 0.2) is 0 Å². The molecule has 1 atom stereocenters. The van der Waals surface area contributed by atoms with Crippen LogP contribution in [0.25, 0.3) is 0 Å². The van der Waals surface area contributed by atoms with Gasteiger partial charge in [0.05, 0.1) is 6.10 Å². The van der Waals surface area contributed by atoms with Crippen molar-refractivity contribution in [3.63, 3.8) is 0 Å². The predicted molar refractivity (Wildman–Crippen MR) is 69.2 cm³/mol. The normalized spacial score (nSPS) is 37.4. The van der Waals surface area contributed by atoms with Gasteiger partial charge in [-0.3, -0.25) is 0 Å². The van der Waals surface area contributed by atoms with Gasteiger partial charge in [0.2, 0.25) is 0 Å². The fourth-order valence-electron chi connectivity index (χ4n) is 3.44. The van der Waals surface area contributed by atoms with E-state index in [1.54, 1.807) is 0 Å². The van der Waals surface area contributed by atoms with Crippen molar-refractivity contribution in [2.24, 2.45) is 0 Å². The largest absolute Gasteiger partial charge is 0.386 e. The highest BCUT2D eigenvalue weighted by molar-refractivity contribution is 6.30. The minimum Gasteiger partial charge on any atom is -0.386 e. The van der Waals surface area contributed by atoms with Gasteiger partial charge in [0.25, 0.3) is 0 Å². The van der Waals surface area contributed by atoms with Crippen LogP contribution in [0.3, 0.4) is 0 Å². The van der Waals surface area contributed by atoms with E-state index in [2.05, 4.69) is 12.2 Å². The molecule has 0 spiro atoms. The zero-order valence-electron chi connectivity index (χ0n) is 10.0. The standard InChI is InChI=1S/C14H18ClNO/c1-13-5-7-14(16-13,8-6-13)12(17)10-3-2-4-11(15)9-10/h2-4,9,12,16-17H,5-8H2,1H3/t12-,13?,14?/m1/s1. The van der Waals surface area contributed by atoms with Gasteiger partial charge in [0, 0.05) is 16.1 Å². The first-order valence-electron chi connectivity index (χ1n) is 6.26. The smallest absolute Gasteiger partial charge is 0.0972 e. The highest BCUT2D eigenvalue weighted by Crippen LogP contribution is 2.50. The number of fused-ring (bicyclic) bond motifs is 2. The lowest BCUT2D eigenvalue weighted by Gasteiger charge is -2.32. The molecular formula is C14H18ClNO. The fraction of sp³-hybridized carbons (Fsp3) is 0.571. The summed E-state index contributed by atoms with van der Waals surface area (Å²) in [6, 6.07) is 7.58. The Morgan fingerprint density at radius 3 is 2.53 bits per heavy atom. The summed E-state index contributed by atoms with van der Waals surface area (Å²) in [5.74, 6) is 0. The summed E-state index contributed by atoms with van der Waals surface area (Å²) in [5, 5.41) is 14.9. The molecule has 2 nitrogen and oxygen atoms in total. The van der Waals surface area contributed by atoms with Crippen molar-refractivity contribution in [1.29, 1.82) is 0 Å². The molecule has 1 aromatic carbocycles. The monoisotopic (exact) mass is 251 g/mol. The highest BCUT2D eigenvalue weighted by atomic mass is 35.5. The van der Waals surface area contributed by atoms with Gasteiger partial charge in [-0.15, -0.1) is 0 Å². The van der Waals surface area contributed by atoms with E-state index in [1.807, 2.05) is 24.3 Å². The molecule has 92 valence electrons. The Labute approximate surface area is 107 Å². The van der Waals surface area contributed by atoms with Crippen molar-refractivity contribution < 1.29 is 5.11 Å². The predicted octanol–water partition coefficient (Wildman–Crippen LogP) is 3.05. The second-order valence-corrected chi connectivity index (χ2v) is 6.24. The summed E-state index contributed by atoms with van der Waals surface area (Å²) in [6.45, 7) is 2.26. The summed E-state index contributed by atoms with van der Waals surface area (Å²) in [5.41, 5.74) is 1.04. The number of nitrogens with one attached hydrogen (secondary N) is 1. The third kappa shape index (κ3) is 1.79. The number of aliphatic hydroxyl groups excluding tert-OH is 1. The van der Waals surface area contributed by atoms with Crippen LogP contribution in [0, 0.1) is 0 Å². The van der Waals surface area contributed by atoms with Gasteiger partial charge in [-0.25, -0.2) is 0 Å². The van der Waals surface area contributed by atoms with E-state index in [0.717, 1.165) is 31.2 Å². The molecule has 0 aromatic heterocycles. The molecule has 2 bridgehead atoms. The summed E-state index contributed by atoms with van der Waals surface area (Å²) in [6.07, 6.45) is 3.97. The van der Waals surface area contributed by atoms with Crippen LogP contribution < -0.4 is 5.32 Å². The SMILES string of the molecule is CC12CCC([C@H](O)c3cccc(Cl)c3)(CC1)N2. The van der Waals surface area contributed by atoms with E-state index in [9.17, 15) is 5.11 Å². The van der Waals surface area contributed by atoms with E-state index in [1.165, 1.54) is 0 Å². The lowest BCUT2D eigenvalue weighted by molar-refractivity contribution is 0.0738. The van der Waals surface area contributed by atoms with Crippen molar-refractivity contribution >= 4 is 11.6 Å². The Bertz CT molecular complexity index is 438. The van der Waals surface area contributed by atoms with E-state index in [0.29, 0.717) is 5.02 Å². The molecular weight excluding hydrogens is 234 g/mol. The molecule has 0 aliphatic carbocycles. The van der Waals surface area contributed by atoms with E-state index in [4.69, 9.17) is 11.6 Å². The average Bonchev–Trinajstić information content (AvgIpc) is 2.83. The first-order valence-corrected chi connectivity index (χ1v) is 6.64. The van der Waals surface area contributed by atoms with Crippen molar-refractivity contribution in [3.8, 4) is 0 Å². The fourth-order valence-corrected chi connectivity index (χ4v) is 3.64. The molecule has 2 saturated heterocycles. The lowest BCUT2D eigenvalue weighted by atomic mass is 9.78. The van der Waals surface area contributed by atoms with E-state index >= 15 is 0 Å². The summed E-state index contributed by atoms with van der Waals surface area (Å²) in [4.78, 5) is 0. The molecule has 0 unspecified atom stereocenters. The Kier molecular flexibility index (Phi) is 2.51. The first-order chi connectivity index (χ1) is 8.03. The van der Waals surface area contributed by atoms with Crippen molar-refractivity contribution in [2.75, 3.05) is 0 Å².